The average Bonchev–Trinajstić information content (AvgIpc) is 2.51. The van der Waals surface area contributed by atoms with Gasteiger partial charge in [0, 0.05) is 20.1 Å². The van der Waals surface area contributed by atoms with E-state index >= 15 is 0 Å². The van der Waals surface area contributed by atoms with Crippen molar-refractivity contribution in [2.45, 2.75) is 0 Å². The van der Waals surface area contributed by atoms with Crippen molar-refractivity contribution in [2.24, 2.45) is 7.05 Å². The molecule has 2 N–H and O–H groups in total. The van der Waals surface area contributed by atoms with Crippen molar-refractivity contribution in [3.63, 3.8) is 0 Å². The van der Waals surface area contributed by atoms with Crippen LogP contribution in [0.2, 0.25) is 5.02 Å². The number of hydrogen-bond donors (Lipinski definition) is 2. The molecule has 1 heterocycles. The predicted octanol–water partition coefficient (Wildman–Crippen LogP) is 2.04. The lowest BCUT2D eigenvalue weighted by atomic mass is 10.2. The Labute approximate surface area is 140 Å². The summed E-state index contributed by atoms with van der Waals surface area (Å²) in [7, 11) is 1.57. The number of hydrogen-bond acceptors (Lipinski definition) is 4. The first kappa shape index (κ1) is 16.5. The molecule has 0 saturated heterocycles. The number of carbonyl (C=O) groups excluding carboxylic acids is 1. The largest absolute Gasteiger partial charge is 0.381 e. The van der Waals surface area contributed by atoms with Crippen molar-refractivity contribution in [1.29, 1.82) is 0 Å². The lowest BCUT2D eigenvalue weighted by Gasteiger charge is -2.10. The second-order valence-corrected chi connectivity index (χ2v) is 5.66. The van der Waals surface area contributed by atoms with Crippen LogP contribution < -0.4 is 16.2 Å². The van der Waals surface area contributed by atoms with Gasteiger partial charge in [-0.15, -0.1) is 0 Å². The molecule has 22 heavy (non-hydrogen) atoms. The topological polar surface area (TPSA) is 76.0 Å². The average molecular weight is 386 g/mol. The molecule has 0 saturated carbocycles. The molecule has 0 fully saturated rings. The van der Waals surface area contributed by atoms with E-state index in [1.54, 1.807) is 37.5 Å². The van der Waals surface area contributed by atoms with Gasteiger partial charge in [-0.25, -0.2) is 4.68 Å². The van der Waals surface area contributed by atoms with E-state index in [2.05, 4.69) is 31.7 Å². The third kappa shape index (κ3) is 3.86. The number of benzene rings is 1. The third-order valence-corrected chi connectivity index (χ3v) is 4.02. The van der Waals surface area contributed by atoms with E-state index < -0.39 is 0 Å². The number of halogens is 2. The highest BCUT2D eigenvalue weighted by atomic mass is 79.9. The van der Waals surface area contributed by atoms with Crippen molar-refractivity contribution in [3.05, 3.63) is 55.9 Å². The molecule has 0 atom stereocenters. The van der Waals surface area contributed by atoms with E-state index in [4.69, 9.17) is 11.6 Å². The molecule has 0 radical (unpaired) electrons. The highest BCUT2D eigenvalue weighted by Gasteiger charge is 2.09. The molecule has 1 aromatic heterocycles. The predicted molar refractivity (Wildman–Crippen MR) is 89.5 cm³/mol. The van der Waals surface area contributed by atoms with Gasteiger partial charge in [0.05, 0.1) is 22.5 Å². The summed E-state index contributed by atoms with van der Waals surface area (Å²) in [6.07, 6.45) is 1.54. The summed E-state index contributed by atoms with van der Waals surface area (Å²) >= 11 is 9.17. The summed E-state index contributed by atoms with van der Waals surface area (Å²) in [5.74, 6) is -0.242. The number of amides is 1. The summed E-state index contributed by atoms with van der Waals surface area (Å²) in [5, 5.41) is 10.1. The molecule has 116 valence electrons. The maximum absolute atomic E-state index is 11.9. The van der Waals surface area contributed by atoms with Gasteiger partial charge in [0.1, 0.15) is 4.47 Å². The zero-order valence-corrected chi connectivity index (χ0v) is 14.1. The van der Waals surface area contributed by atoms with Gasteiger partial charge in [-0.05, 0) is 28.1 Å². The smallest absolute Gasteiger partial charge is 0.282 e. The Balaban J connectivity index is 1.88. The molecule has 0 aliphatic rings. The SMILES string of the molecule is Cn1ncc(NCCNC(=O)c2ccccc2Cl)c(Br)c1=O. The highest BCUT2D eigenvalue weighted by molar-refractivity contribution is 9.10. The fourth-order valence-corrected chi connectivity index (χ4v) is 2.47. The van der Waals surface area contributed by atoms with Crippen LogP contribution >= 0.6 is 27.5 Å². The summed E-state index contributed by atoms with van der Waals surface area (Å²) in [5.41, 5.74) is 0.779. The zero-order chi connectivity index (χ0) is 16.1. The lowest BCUT2D eigenvalue weighted by molar-refractivity contribution is 0.0955. The minimum Gasteiger partial charge on any atom is -0.381 e. The molecule has 2 rings (SSSR count). The van der Waals surface area contributed by atoms with Gasteiger partial charge in [-0.3, -0.25) is 9.59 Å². The van der Waals surface area contributed by atoms with Crippen LogP contribution in [-0.2, 0) is 7.05 Å². The molecule has 8 heteroatoms. The third-order valence-electron chi connectivity index (χ3n) is 2.92. The van der Waals surface area contributed by atoms with Crippen molar-refractivity contribution in [3.8, 4) is 0 Å². The molecule has 0 unspecified atom stereocenters. The fraction of sp³-hybridized carbons (Fsp3) is 0.214. The monoisotopic (exact) mass is 384 g/mol. The Hall–Kier alpha value is -1.86. The zero-order valence-electron chi connectivity index (χ0n) is 11.8. The molecule has 2 aromatic rings. The van der Waals surface area contributed by atoms with Crippen molar-refractivity contribution in [1.82, 2.24) is 15.1 Å². The summed E-state index contributed by atoms with van der Waals surface area (Å²) < 4.78 is 1.64. The van der Waals surface area contributed by atoms with Crippen molar-refractivity contribution < 1.29 is 4.79 Å². The van der Waals surface area contributed by atoms with E-state index in [0.29, 0.717) is 33.8 Å². The van der Waals surface area contributed by atoms with Crippen LogP contribution in [0.5, 0.6) is 0 Å². The van der Waals surface area contributed by atoms with E-state index in [1.807, 2.05) is 0 Å². The molecule has 0 aliphatic heterocycles. The molecular weight excluding hydrogens is 372 g/mol. The maximum atomic E-state index is 11.9. The van der Waals surface area contributed by atoms with Gasteiger partial charge in [-0.2, -0.15) is 5.10 Å². The normalized spacial score (nSPS) is 10.3. The standard InChI is InChI=1S/C14H14BrClN4O2/c1-20-14(22)12(15)11(8-19-20)17-6-7-18-13(21)9-4-2-3-5-10(9)16/h2-5,8,17H,6-7H2,1H3,(H,18,21). The van der Waals surface area contributed by atoms with Gasteiger partial charge in [0.15, 0.2) is 0 Å². The number of aryl methyl sites for hydroxylation is 1. The molecule has 1 aromatic carbocycles. The molecular formula is C14H14BrClN4O2. The highest BCUT2D eigenvalue weighted by Crippen LogP contribution is 2.15. The minimum absolute atomic E-state index is 0.231. The van der Waals surface area contributed by atoms with E-state index in [-0.39, 0.29) is 11.5 Å². The van der Waals surface area contributed by atoms with E-state index in [1.165, 1.54) is 4.68 Å². The van der Waals surface area contributed by atoms with Gasteiger partial charge < -0.3 is 10.6 Å². The molecule has 0 bridgehead atoms. The van der Waals surface area contributed by atoms with E-state index in [9.17, 15) is 9.59 Å². The number of nitrogens with zero attached hydrogens (tertiary/aromatic N) is 2. The van der Waals surface area contributed by atoms with E-state index in [0.717, 1.165) is 0 Å². The van der Waals surface area contributed by atoms with Gasteiger partial charge >= 0.3 is 0 Å². The number of nitrogens with one attached hydrogen (secondary N) is 2. The Kier molecular flexibility index (Phi) is 5.57. The first-order chi connectivity index (χ1) is 10.5. The number of aromatic nitrogens is 2. The second kappa shape index (κ2) is 7.42. The number of rotatable bonds is 5. The number of anilines is 1. The fourth-order valence-electron chi connectivity index (χ4n) is 1.75. The summed E-state index contributed by atoms with van der Waals surface area (Å²) in [6, 6.07) is 6.84. The van der Waals surface area contributed by atoms with Gasteiger partial charge in [0.25, 0.3) is 11.5 Å². The Morgan fingerprint density at radius 1 is 1.36 bits per heavy atom. The van der Waals surface area contributed by atoms with Crippen LogP contribution in [0.25, 0.3) is 0 Å². The second-order valence-electron chi connectivity index (χ2n) is 4.46. The van der Waals surface area contributed by atoms with Crippen LogP contribution in [0.4, 0.5) is 5.69 Å². The molecule has 0 spiro atoms. The first-order valence-corrected chi connectivity index (χ1v) is 7.66. The van der Waals surface area contributed by atoms with Gasteiger partial charge in [-0.1, -0.05) is 23.7 Å². The summed E-state index contributed by atoms with van der Waals surface area (Å²) in [4.78, 5) is 23.6. The van der Waals surface area contributed by atoms with Crippen LogP contribution in [0.1, 0.15) is 10.4 Å². The first-order valence-electron chi connectivity index (χ1n) is 6.49. The van der Waals surface area contributed by atoms with Crippen LogP contribution in [-0.4, -0.2) is 28.8 Å². The quantitative estimate of drug-likeness (QED) is 0.772. The van der Waals surface area contributed by atoms with Gasteiger partial charge in [0.2, 0.25) is 0 Å². The molecule has 1 amide bonds. The number of carbonyl (C=O) groups is 1. The lowest BCUT2D eigenvalue weighted by Crippen LogP contribution is -2.29. The molecule has 6 nitrogen and oxygen atoms in total. The minimum atomic E-state index is -0.242. The van der Waals surface area contributed by atoms with Crippen LogP contribution in [0, 0.1) is 0 Å². The summed E-state index contributed by atoms with van der Waals surface area (Å²) in [6.45, 7) is 0.829. The Bertz CT molecular complexity index is 748. The van der Waals surface area contributed by atoms with Crippen molar-refractivity contribution in [2.75, 3.05) is 18.4 Å². The maximum Gasteiger partial charge on any atom is 0.282 e. The Morgan fingerprint density at radius 2 is 2.09 bits per heavy atom. The van der Waals surface area contributed by atoms with Crippen LogP contribution in [0.3, 0.4) is 0 Å². The van der Waals surface area contributed by atoms with Crippen molar-refractivity contribution >= 4 is 39.1 Å². The Morgan fingerprint density at radius 3 is 2.82 bits per heavy atom. The van der Waals surface area contributed by atoms with Crippen LogP contribution in [0.15, 0.2) is 39.7 Å². The molecule has 0 aliphatic carbocycles.